The molecule has 0 unspecified atom stereocenters. The van der Waals surface area contributed by atoms with Crippen LogP contribution in [0.15, 0.2) is 293 Å². The number of hydrogen-bond donors (Lipinski definition) is 0. The third-order valence-corrected chi connectivity index (χ3v) is 21.0. The standard InChI is InChI=1S/C41H29N3O.C31H30BNO3.C16H11BrN2/c1-41(2)32-21-13-12-20-30(32)36-38-37(44(39(36)41)29-18-10-5-11-19-29)31-24-28(22-23-35(31)45-38)40-42-33(26-14-6-3-7-15-26)25-34(43-40)27-16-8-4-9-17-27;1-29(2)23-15-11-10-14-21(23)25-27-26(33(28(25)29)20-12-8-7-9-13-20)22-18-19(16-17-24(22)34-27)32-35-30(3,4)31(5,6)36-32;17-16-18-14(12-7-3-1-4-8-12)11-15(19-16)13-9-5-2-6-10-13/h3-25H,1-2H3;7-18H,1-6H3;1-11H. The predicted octanol–water partition coefficient (Wildman–Crippen LogP) is 22.0. The Labute approximate surface area is 589 Å². The summed E-state index contributed by atoms with van der Waals surface area (Å²) in [4.78, 5) is 19.1. The van der Waals surface area contributed by atoms with Crippen LogP contribution < -0.4 is 5.46 Å². The fourth-order valence-electron chi connectivity index (χ4n) is 15.0. The number of fused-ring (bicyclic) bond motifs is 14. The quantitative estimate of drug-likeness (QED) is 0.109. The van der Waals surface area contributed by atoms with Crippen molar-refractivity contribution in [2.45, 2.75) is 77.4 Å². The molecule has 10 nitrogen and oxygen atoms in total. The summed E-state index contributed by atoms with van der Waals surface area (Å²) in [5.74, 6) is 0.683. The molecule has 100 heavy (non-hydrogen) atoms. The normalized spacial score (nSPS) is 14.9. The minimum absolute atomic E-state index is 0.168. The summed E-state index contributed by atoms with van der Waals surface area (Å²) in [7, 11) is -0.423. The molecular formula is C88H70BBrN6O4. The maximum absolute atomic E-state index is 6.76. The highest BCUT2D eigenvalue weighted by Gasteiger charge is 2.52. The molecule has 486 valence electrons. The Kier molecular flexibility index (Phi) is 15.1. The molecule has 19 rings (SSSR count). The lowest BCUT2D eigenvalue weighted by molar-refractivity contribution is 0.00578. The largest absolute Gasteiger partial charge is 0.494 e. The molecule has 1 saturated heterocycles. The molecule has 0 bridgehead atoms. The monoisotopic (exact) mass is 1360 g/mol. The van der Waals surface area contributed by atoms with Crippen molar-refractivity contribution in [2.75, 3.05) is 0 Å². The predicted molar refractivity (Wildman–Crippen MR) is 409 cm³/mol. The number of benzene rings is 10. The summed E-state index contributed by atoms with van der Waals surface area (Å²) in [6.07, 6.45) is 0. The number of aromatic nitrogens is 6. The average molecular weight is 1370 g/mol. The van der Waals surface area contributed by atoms with Gasteiger partial charge < -0.3 is 27.3 Å². The summed E-state index contributed by atoms with van der Waals surface area (Å²) in [5, 5.41) is 2.12. The molecule has 0 spiro atoms. The summed E-state index contributed by atoms with van der Waals surface area (Å²) >= 11 is 3.39. The Morgan fingerprint density at radius 3 is 1.11 bits per heavy atom. The number of para-hydroxylation sites is 2. The second-order valence-electron chi connectivity index (χ2n) is 28.1. The van der Waals surface area contributed by atoms with Crippen LogP contribution in [0.1, 0.15) is 77.9 Å². The molecule has 2 aliphatic carbocycles. The molecule has 0 radical (unpaired) electrons. The van der Waals surface area contributed by atoms with Gasteiger partial charge in [0.05, 0.1) is 34.0 Å². The van der Waals surface area contributed by atoms with Crippen molar-refractivity contribution in [2.24, 2.45) is 0 Å². The van der Waals surface area contributed by atoms with E-state index in [1.165, 1.54) is 44.8 Å². The van der Waals surface area contributed by atoms with Crippen LogP contribution in [0.25, 0.3) is 134 Å². The molecule has 6 aromatic heterocycles. The Morgan fingerprint density at radius 2 is 0.700 bits per heavy atom. The number of halogens is 1. The van der Waals surface area contributed by atoms with E-state index < -0.39 is 18.3 Å². The van der Waals surface area contributed by atoms with Crippen molar-refractivity contribution in [1.82, 2.24) is 29.1 Å². The van der Waals surface area contributed by atoms with Crippen LogP contribution in [0.4, 0.5) is 0 Å². The fourth-order valence-corrected chi connectivity index (χ4v) is 15.4. The van der Waals surface area contributed by atoms with E-state index in [2.05, 4.69) is 266 Å². The average Bonchev–Trinajstić information content (AvgIpc) is 1.53. The van der Waals surface area contributed by atoms with Crippen molar-refractivity contribution in [3.05, 3.63) is 306 Å². The zero-order chi connectivity index (χ0) is 68.2. The summed E-state index contributed by atoms with van der Waals surface area (Å²) < 4.78 is 31.6. The summed E-state index contributed by atoms with van der Waals surface area (Å²) in [5.41, 5.74) is 26.7. The number of hydrogen-bond acceptors (Lipinski definition) is 8. The third kappa shape index (κ3) is 10.5. The van der Waals surface area contributed by atoms with Gasteiger partial charge >= 0.3 is 7.12 Å². The highest BCUT2D eigenvalue weighted by Crippen LogP contribution is 2.57. The first-order chi connectivity index (χ1) is 48.5. The van der Waals surface area contributed by atoms with Gasteiger partial charge in [-0.2, -0.15) is 0 Å². The zero-order valence-corrected chi connectivity index (χ0v) is 58.4. The smallest absolute Gasteiger partial charge is 0.454 e. The highest BCUT2D eigenvalue weighted by molar-refractivity contribution is 9.10. The third-order valence-electron chi connectivity index (χ3n) is 20.6. The Bertz CT molecular complexity index is 5680. The van der Waals surface area contributed by atoms with E-state index in [-0.39, 0.29) is 10.8 Å². The van der Waals surface area contributed by atoms with Gasteiger partial charge in [0.1, 0.15) is 22.2 Å². The fraction of sp³-hybridized carbons (Fsp3) is 0.136. The second kappa shape index (κ2) is 24.2. The van der Waals surface area contributed by atoms with Crippen LogP contribution in [0.5, 0.6) is 0 Å². The topological polar surface area (TPSA) is 106 Å². The molecular weight excluding hydrogens is 1300 g/mol. The van der Waals surface area contributed by atoms with Gasteiger partial charge in [-0.05, 0) is 138 Å². The van der Waals surface area contributed by atoms with E-state index in [1.807, 2.05) is 103 Å². The van der Waals surface area contributed by atoms with Crippen LogP contribution >= 0.6 is 15.9 Å². The van der Waals surface area contributed by atoms with Crippen LogP contribution in [0.3, 0.4) is 0 Å². The van der Waals surface area contributed by atoms with Crippen molar-refractivity contribution >= 4 is 72.6 Å². The van der Waals surface area contributed by atoms with Gasteiger partial charge in [0.2, 0.25) is 0 Å². The second-order valence-corrected chi connectivity index (χ2v) is 28.8. The van der Waals surface area contributed by atoms with Gasteiger partial charge in [-0.25, -0.2) is 19.9 Å². The highest BCUT2D eigenvalue weighted by atomic mass is 79.9. The molecule has 0 N–H and O–H groups in total. The van der Waals surface area contributed by atoms with Gasteiger partial charge in [-0.3, -0.25) is 0 Å². The Balaban J connectivity index is 0.000000121. The molecule has 10 aromatic carbocycles. The Hall–Kier alpha value is -11.0. The maximum atomic E-state index is 6.76. The summed E-state index contributed by atoms with van der Waals surface area (Å²) in [6.45, 7) is 17.6. The van der Waals surface area contributed by atoms with Crippen LogP contribution in [-0.4, -0.2) is 47.4 Å². The van der Waals surface area contributed by atoms with Gasteiger partial charge in [-0.1, -0.05) is 240 Å². The Morgan fingerprint density at radius 1 is 0.350 bits per heavy atom. The molecule has 1 fully saturated rings. The lowest BCUT2D eigenvalue weighted by Crippen LogP contribution is -2.41. The minimum Gasteiger partial charge on any atom is -0.454 e. The van der Waals surface area contributed by atoms with Crippen molar-refractivity contribution in [1.29, 1.82) is 0 Å². The van der Waals surface area contributed by atoms with E-state index in [9.17, 15) is 0 Å². The first-order valence-electron chi connectivity index (χ1n) is 34.1. The number of rotatable bonds is 8. The van der Waals surface area contributed by atoms with Gasteiger partial charge in [0.15, 0.2) is 21.7 Å². The number of nitrogens with zero attached hydrogens (tertiary/aromatic N) is 6. The van der Waals surface area contributed by atoms with E-state index in [4.69, 9.17) is 28.1 Å². The molecule has 3 aliphatic rings. The zero-order valence-electron chi connectivity index (χ0n) is 56.8. The lowest BCUT2D eigenvalue weighted by atomic mass is 9.78. The SMILES string of the molecule is Brc1nc(-c2ccccc2)cc(-c2ccccc2)n1.CC1(C)c2ccccc2-c2c1n(-c1ccccc1)c1c2oc2ccc(-c3nc(-c4ccccc4)cc(-c4ccccc4)n3)cc21.CC1(C)c2ccccc2-c2c1n(-c1ccccc1)c1c2oc2ccc(B3OC(C)(C)C(C)(C)O3)cc21. The first-order valence-corrected chi connectivity index (χ1v) is 34.8. The molecule has 1 aliphatic heterocycles. The van der Waals surface area contributed by atoms with E-state index >= 15 is 0 Å². The number of furan rings is 2. The van der Waals surface area contributed by atoms with Crippen LogP contribution in [0, 0.1) is 0 Å². The first kappa shape index (κ1) is 62.5. The van der Waals surface area contributed by atoms with Gasteiger partial charge in [0.25, 0.3) is 0 Å². The summed E-state index contributed by atoms with van der Waals surface area (Å²) in [6, 6.07) is 96.3. The molecule has 7 heterocycles. The van der Waals surface area contributed by atoms with Crippen molar-refractivity contribution in [3.63, 3.8) is 0 Å². The van der Waals surface area contributed by atoms with Gasteiger partial charge in [0, 0.05) is 83.3 Å². The molecule has 12 heteroatoms. The van der Waals surface area contributed by atoms with Crippen molar-refractivity contribution in [3.8, 4) is 90.0 Å². The van der Waals surface area contributed by atoms with Crippen molar-refractivity contribution < 1.29 is 18.1 Å². The molecule has 0 amide bonds. The molecule has 16 aromatic rings. The van der Waals surface area contributed by atoms with Crippen LogP contribution in [-0.2, 0) is 20.1 Å². The lowest BCUT2D eigenvalue weighted by Gasteiger charge is -2.32. The van der Waals surface area contributed by atoms with E-state index in [0.29, 0.717) is 10.6 Å². The van der Waals surface area contributed by atoms with E-state index in [1.54, 1.807) is 0 Å². The molecule has 0 atom stereocenters. The van der Waals surface area contributed by atoms with Gasteiger partial charge in [-0.15, -0.1) is 0 Å². The minimum atomic E-state index is -0.423. The van der Waals surface area contributed by atoms with E-state index in [0.717, 1.165) is 112 Å². The van der Waals surface area contributed by atoms with Crippen LogP contribution in [0.2, 0.25) is 0 Å². The maximum Gasteiger partial charge on any atom is 0.494 e. The molecule has 0 saturated carbocycles.